The molecule has 44 valence electrons. The molecule has 0 amide bonds. The maximum atomic E-state index is 5.43. The van der Waals surface area contributed by atoms with E-state index in [0.29, 0.717) is 5.88 Å². The van der Waals surface area contributed by atoms with Crippen LogP contribution in [0.4, 0.5) is 0 Å². The topological polar surface area (TPSA) is 9.23 Å². The molecule has 0 spiro atoms. The Labute approximate surface area is 56.4 Å². The van der Waals surface area contributed by atoms with E-state index in [1.165, 1.54) is 0 Å². The van der Waals surface area contributed by atoms with Crippen molar-refractivity contribution < 1.29 is 4.74 Å². The van der Waals surface area contributed by atoms with Crippen molar-refractivity contribution in [3.8, 4) is 0 Å². The molecule has 0 bridgehead atoms. The van der Waals surface area contributed by atoms with Gasteiger partial charge in [-0.05, 0) is 0 Å². The lowest BCUT2D eigenvalue weighted by atomic mass is 10.8. The number of halogens is 2. The Balaban J connectivity index is 2.83. The zero-order chi connectivity index (χ0) is 5.70. The van der Waals surface area contributed by atoms with Crippen molar-refractivity contribution in [3.63, 3.8) is 0 Å². The number of alkyl halides is 2. The molecular formula is C3H8Cl2OSi. The van der Waals surface area contributed by atoms with Gasteiger partial charge in [-0.1, -0.05) is 11.6 Å². The largest absolute Gasteiger partial charge is 0.366 e. The quantitative estimate of drug-likeness (QED) is 0.420. The third-order valence-electron chi connectivity index (χ3n) is 0.469. The fourth-order valence-corrected chi connectivity index (χ4v) is 1.05. The van der Waals surface area contributed by atoms with Crippen LogP contribution in [-0.4, -0.2) is 27.9 Å². The summed E-state index contributed by atoms with van der Waals surface area (Å²) in [6, 6.07) is 0. The molecule has 0 aliphatic rings. The monoisotopic (exact) mass is 158 g/mol. The third kappa shape index (κ3) is 4.61. The lowest BCUT2D eigenvalue weighted by Crippen LogP contribution is -2.06. The van der Waals surface area contributed by atoms with Gasteiger partial charge in [0, 0.05) is 16.5 Å². The van der Waals surface area contributed by atoms with Gasteiger partial charge < -0.3 is 4.74 Å². The van der Waals surface area contributed by atoms with Gasteiger partial charge in [0.05, 0.1) is 5.88 Å². The van der Waals surface area contributed by atoms with Crippen LogP contribution in [0.3, 0.4) is 0 Å². The maximum absolute atomic E-state index is 5.43. The number of rotatable bonds is 3. The summed E-state index contributed by atoms with van der Waals surface area (Å²) in [5, 5.41) is 0. The van der Waals surface area contributed by atoms with Crippen LogP contribution in [0.15, 0.2) is 0 Å². The summed E-state index contributed by atoms with van der Waals surface area (Å²) >= 11 is 10.7. The van der Waals surface area contributed by atoms with E-state index in [1.807, 2.05) is 0 Å². The maximum Gasteiger partial charge on any atom is 0.144 e. The molecule has 4 heteroatoms. The zero-order valence-electron chi connectivity index (χ0n) is 4.16. The zero-order valence-corrected chi connectivity index (χ0v) is 7.67. The second kappa shape index (κ2) is 4.90. The van der Waals surface area contributed by atoms with Crippen molar-refractivity contribution >= 4 is 33.4 Å². The highest BCUT2D eigenvalue weighted by Crippen LogP contribution is 1.98. The average Bonchev–Trinajstić information content (AvgIpc) is 1.68. The molecule has 0 heterocycles. The molecule has 0 N–H and O–H groups in total. The summed E-state index contributed by atoms with van der Waals surface area (Å²) in [5.41, 5.74) is -0.279. The first-order valence-electron chi connectivity index (χ1n) is 2.13. The summed E-state index contributed by atoms with van der Waals surface area (Å²) in [6.07, 6.45) is 0.765. The van der Waals surface area contributed by atoms with Gasteiger partial charge in [-0.15, -0.1) is 11.6 Å². The number of hydrogen-bond acceptors (Lipinski definition) is 1. The van der Waals surface area contributed by atoms with Gasteiger partial charge in [0.15, 0.2) is 0 Å². The second-order valence-electron chi connectivity index (χ2n) is 1.02. The lowest BCUT2D eigenvalue weighted by Gasteiger charge is -2.01. The highest BCUT2D eigenvalue weighted by Gasteiger charge is 1.96. The van der Waals surface area contributed by atoms with E-state index in [9.17, 15) is 0 Å². The molecule has 0 fully saturated rings. The van der Waals surface area contributed by atoms with E-state index in [1.54, 1.807) is 0 Å². The predicted octanol–water partition coefficient (Wildman–Crippen LogP) is 0.130. The molecule has 1 atom stereocenters. The standard InChI is InChI=1S/C3H8Cl2OSi/c4-1-3(5)6-2-7/h3H,1-2H2,7H3. The van der Waals surface area contributed by atoms with Gasteiger partial charge in [-0.25, -0.2) is 0 Å². The van der Waals surface area contributed by atoms with Gasteiger partial charge in [0.2, 0.25) is 0 Å². The second-order valence-corrected chi connectivity index (χ2v) is 2.39. The number of hydrogen-bond donors (Lipinski definition) is 0. The Bertz CT molecular complexity index is 43.9. The molecule has 1 nitrogen and oxygen atoms in total. The van der Waals surface area contributed by atoms with Gasteiger partial charge in [-0.2, -0.15) is 0 Å². The fourth-order valence-electron chi connectivity index (χ4n) is 0.225. The normalized spacial score (nSPS) is 14.6. The Morgan fingerprint density at radius 1 is 1.71 bits per heavy atom. The SMILES string of the molecule is [SiH3]COC(Cl)CCl. The molecule has 1 unspecified atom stereocenters. The molecule has 7 heavy (non-hydrogen) atoms. The molecule has 0 saturated heterocycles. The van der Waals surface area contributed by atoms with Gasteiger partial charge in [0.25, 0.3) is 0 Å². The number of ether oxygens (including phenoxy) is 1. The summed E-state index contributed by atoms with van der Waals surface area (Å²) in [6.45, 7) is 0. The lowest BCUT2D eigenvalue weighted by molar-refractivity contribution is 0.165. The van der Waals surface area contributed by atoms with Crippen molar-refractivity contribution in [2.45, 2.75) is 5.56 Å². The molecule has 0 aromatic rings. The Morgan fingerprint density at radius 2 is 2.29 bits per heavy atom. The smallest absolute Gasteiger partial charge is 0.144 e. The van der Waals surface area contributed by atoms with Crippen molar-refractivity contribution in [3.05, 3.63) is 0 Å². The van der Waals surface area contributed by atoms with E-state index in [-0.39, 0.29) is 5.56 Å². The molecule has 0 radical (unpaired) electrons. The summed E-state index contributed by atoms with van der Waals surface area (Å²) in [7, 11) is 1.03. The van der Waals surface area contributed by atoms with Crippen LogP contribution in [-0.2, 0) is 4.74 Å². The Morgan fingerprint density at radius 3 is 2.43 bits per heavy atom. The highest BCUT2D eigenvalue weighted by atomic mass is 35.5. The molecule has 0 rings (SSSR count). The van der Waals surface area contributed by atoms with Crippen LogP contribution in [0.5, 0.6) is 0 Å². The van der Waals surface area contributed by atoms with E-state index in [4.69, 9.17) is 27.9 Å². The van der Waals surface area contributed by atoms with Crippen molar-refractivity contribution in [2.75, 3.05) is 12.1 Å². The first-order chi connectivity index (χ1) is 3.31. The van der Waals surface area contributed by atoms with Gasteiger partial charge in [0.1, 0.15) is 5.56 Å². The van der Waals surface area contributed by atoms with Crippen LogP contribution in [0, 0.1) is 0 Å². The Kier molecular flexibility index (Phi) is 5.44. The van der Waals surface area contributed by atoms with E-state index < -0.39 is 0 Å². The summed E-state index contributed by atoms with van der Waals surface area (Å²) in [4.78, 5) is 0. The predicted molar refractivity (Wildman–Crippen MR) is 36.3 cm³/mol. The van der Waals surface area contributed by atoms with E-state index in [0.717, 1.165) is 16.5 Å². The highest BCUT2D eigenvalue weighted by molar-refractivity contribution is 6.27. The average molecular weight is 159 g/mol. The molecule has 0 saturated carbocycles. The minimum absolute atomic E-state index is 0.279. The Hall–Kier alpha value is 0.757. The van der Waals surface area contributed by atoms with E-state index in [2.05, 4.69) is 0 Å². The van der Waals surface area contributed by atoms with Crippen LogP contribution < -0.4 is 0 Å². The van der Waals surface area contributed by atoms with Gasteiger partial charge in [-0.3, -0.25) is 0 Å². The molecule has 0 aliphatic carbocycles. The minimum atomic E-state index is -0.279. The third-order valence-corrected chi connectivity index (χ3v) is 1.52. The molecule has 0 aliphatic heterocycles. The fraction of sp³-hybridized carbons (Fsp3) is 1.00. The van der Waals surface area contributed by atoms with Crippen LogP contribution in [0.25, 0.3) is 0 Å². The van der Waals surface area contributed by atoms with Crippen molar-refractivity contribution in [1.29, 1.82) is 0 Å². The first-order valence-corrected chi connectivity index (χ1v) is 4.51. The van der Waals surface area contributed by atoms with Gasteiger partial charge >= 0.3 is 0 Å². The molecule has 0 aromatic carbocycles. The van der Waals surface area contributed by atoms with Crippen LogP contribution in [0.1, 0.15) is 0 Å². The molecular weight excluding hydrogens is 151 g/mol. The van der Waals surface area contributed by atoms with Crippen molar-refractivity contribution in [2.24, 2.45) is 0 Å². The molecule has 0 aromatic heterocycles. The minimum Gasteiger partial charge on any atom is -0.366 e. The summed E-state index contributed by atoms with van der Waals surface area (Å²) in [5.74, 6) is 0.379. The van der Waals surface area contributed by atoms with Crippen LogP contribution in [0.2, 0.25) is 0 Å². The van der Waals surface area contributed by atoms with Crippen molar-refractivity contribution in [1.82, 2.24) is 0 Å². The summed E-state index contributed by atoms with van der Waals surface area (Å²) < 4.78 is 4.89. The van der Waals surface area contributed by atoms with Crippen LogP contribution >= 0.6 is 23.2 Å². The first kappa shape index (κ1) is 7.76. The van der Waals surface area contributed by atoms with E-state index >= 15 is 0 Å².